The van der Waals surface area contributed by atoms with Crippen molar-refractivity contribution in [2.75, 3.05) is 5.32 Å². The van der Waals surface area contributed by atoms with Crippen LogP contribution in [-0.2, 0) is 0 Å². The van der Waals surface area contributed by atoms with E-state index in [1.807, 2.05) is 32.9 Å². The Bertz CT molecular complexity index is 635. The summed E-state index contributed by atoms with van der Waals surface area (Å²) in [5.74, 6) is 0.300. The van der Waals surface area contributed by atoms with Gasteiger partial charge >= 0.3 is 0 Å². The Morgan fingerprint density at radius 3 is 2.52 bits per heavy atom. The van der Waals surface area contributed by atoms with Gasteiger partial charge in [0.1, 0.15) is 11.5 Å². The zero-order chi connectivity index (χ0) is 15.5. The van der Waals surface area contributed by atoms with Crippen LogP contribution < -0.4 is 10.6 Å². The first-order valence-corrected chi connectivity index (χ1v) is 6.88. The number of halogens is 1. The van der Waals surface area contributed by atoms with Crippen LogP contribution in [-0.4, -0.2) is 21.4 Å². The highest BCUT2D eigenvalue weighted by Gasteiger charge is 2.16. The van der Waals surface area contributed by atoms with Crippen LogP contribution >= 0.6 is 11.6 Å². The minimum atomic E-state index is -0.309. The first-order chi connectivity index (χ1) is 9.83. The van der Waals surface area contributed by atoms with E-state index in [-0.39, 0.29) is 17.1 Å². The Balaban J connectivity index is 2.07. The summed E-state index contributed by atoms with van der Waals surface area (Å²) in [4.78, 5) is 20.2. The summed E-state index contributed by atoms with van der Waals surface area (Å²) in [6, 6.07) is 7.28. The van der Waals surface area contributed by atoms with Crippen LogP contribution in [0, 0.1) is 0 Å². The van der Waals surface area contributed by atoms with E-state index in [0.29, 0.717) is 10.8 Å². The normalized spacial score (nSPS) is 11.0. The van der Waals surface area contributed by atoms with E-state index in [9.17, 15) is 4.79 Å². The molecule has 2 N–H and O–H groups in total. The number of anilines is 2. The number of nitrogens with one attached hydrogen (secondary N) is 2. The van der Waals surface area contributed by atoms with Crippen molar-refractivity contribution < 1.29 is 4.79 Å². The molecule has 1 heterocycles. The van der Waals surface area contributed by atoms with Gasteiger partial charge in [0, 0.05) is 16.2 Å². The summed E-state index contributed by atoms with van der Waals surface area (Å²) in [5, 5.41) is 6.54. The molecule has 2 rings (SSSR count). The Morgan fingerprint density at radius 2 is 1.95 bits per heavy atom. The van der Waals surface area contributed by atoms with E-state index in [4.69, 9.17) is 11.6 Å². The number of rotatable bonds is 3. The molecule has 0 spiro atoms. The second-order valence-corrected chi connectivity index (χ2v) is 6.06. The number of nitrogens with zero attached hydrogens (tertiary/aromatic N) is 2. The Labute approximate surface area is 128 Å². The molecule has 1 amide bonds. The van der Waals surface area contributed by atoms with E-state index in [0.717, 1.165) is 5.69 Å². The number of amides is 1. The SMILES string of the molecule is CC(C)(C)NC(=O)c1cnc(Nc2cccc(Cl)c2)cn1. The van der Waals surface area contributed by atoms with Gasteiger partial charge in [0.05, 0.1) is 12.4 Å². The predicted molar refractivity (Wildman–Crippen MR) is 84.0 cm³/mol. The summed E-state index contributed by atoms with van der Waals surface area (Å²) in [6.07, 6.45) is 2.95. The third-order valence-corrected chi connectivity index (χ3v) is 2.71. The molecular weight excluding hydrogens is 288 g/mol. The summed E-state index contributed by atoms with van der Waals surface area (Å²) < 4.78 is 0. The molecule has 0 aliphatic heterocycles. The molecule has 2 aromatic rings. The molecule has 0 aliphatic rings. The minimum Gasteiger partial charge on any atom is -0.346 e. The third-order valence-electron chi connectivity index (χ3n) is 2.47. The monoisotopic (exact) mass is 304 g/mol. The molecule has 1 aromatic carbocycles. The van der Waals surface area contributed by atoms with Gasteiger partial charge in [-0.15, -0.1) is 0 Å². The smallest absolute Gasteiger partial charge is 0.271 e. The zero-order valence-corrected chi connectivity index (χ0v) is 12.9. The van der Waals surface area contributed by atoms with Crippen molar-refractivity contribution in [1.29, 1.82) is 0 Å². The van der Waals surface area contributed by atoms with Crippen LogP contribution in [0.5, 0.6) is 0 Å². The van der Waals surface area contributed by atoms with Crippen molar-refractivity contribution in [2.24, 2.45) is 0 Å². The number of carbonyl (C=O) groups is 1. The zero-order valence-electron chi connectivity index (χ0n) is 12.1. The Hall–Kier alpha value is -2.14. The highest BCUT2D eigenvalue weighted by molar-refractivity contribution is 6.30. The largest absolute Gasteiger partial charge is 0.346 e. The maximum atomic E-state index is 11.9. The molecule has 0 bridgehead atoms. The van der Waals surface area contributed by atoms with E-state index in [1.54, 1.807) is 12.1 Å². The van der Waals surface area contributed by atoms with Crippen LogP contribution in [0.3, 0.4) is 0 Å². The molecule has 0 radical (unpaired) electrons. The van der Waals surface area contributed by atoms with Crippen molar-refractivity contribution in [1.82, 2.24) is 15.3 Å². The summed E-state index contributed by atoms with van der Waals surface area (Å²) in [6.45, 7) is 5.73. The maximum Gasteiger partial charge on any atom is 0.271 e. The van der Waals surface area contributed by atoms with Crippen LogP contribution in [0.25, 0.3) is 0 Å². The second-order valence-electron chi connectivity index (χ2n) is 5.63. The first-order valence-electron chi connectivity index (χ1n) is 6.51. The van der Waals surface area contributed by atoms with Gasteiger partial charge in [-0.05, 0) is 39.0 Å². The van der Waals surface area contributed by atoms with Gasteiger partial charge in [0.2, 0.25) is 0 Å². The highest BCUT2D eigenvalue weighted by atomic mass is 35.5. The molecule has 0 atom stereocenters. The summed E-state index contributed by atoms with van der Waals surface area (Å²) in [5.41, 5.74) is 0.779. The van der Waals surface area contributed by atoms with E-state index >= 15 is 0 Å². The molecule has 0 saturated carbocycles. The van der Waals surface area contributed by atoms with Gasteiger partial charge < -0.3 is 10.6 Å². The minimum absolute atomic E-state index is 0.246. The Morgan fingerprint density at radius 1 is 1.19 bits per heavy atom. The lowest BCUT2D eigenvalue weighted by Gasteiger charge is -2.19. The number of carbonyl (C=O) groups excluding carboxylic acids is 1. The van der Waals surface area contributed by atoms with Crippen molar-refractivity contribution in [3.05, 3.63) is 47.4 Å². The van der Waals surface area contributed by atoms with E-state index in [1.165, 1.54) is 12.4 Å². The van der Waals surface area contributed by atoms with Gasteiger partial charge in [-0.25, -0.2) is 9.97 Å². The molecule has 0 fully saturated rings. The lowest BCUT2D eigenvalue weighted by Crippen LogP contribution is -2.40. The van der Waals surface area contributed by atoms with Crippen molar-refractivity contribution >= 4 is 29.0 Å². The number of hydrogen-bond acceptors (Lipinski definition) is 4. The average molecular weight is 305 g/mol. The highest BCUT2D eigenvalue weighted by Crippen LogP contribution is 2.18. The quantitative estimate of drug-likeness (QED) is 0.912. The lowest BCUT2D eigenvalue weighted by molar-refractivity contribution is 0.0914. The van der Waals surface area contributed by atoms with Gasteiger partial charge in [-0.2, -0.15) is 0 Å². The number of hydrogen-bond donors (Lipinski definition) is 2. The number of benzene rings is 1. The molecule has 21 heavy (non-hydrogen) atoms. The molecule has 1 aromatic heterocycles. The van der Waals surface area contributed by atoms with Crippen LogP contribution in [0.15, 0.2) is 36.7 Å². The summed E-state index contributed by atoms with van der Waals surface area (Å²) in [7, 11) is 0. The molecular formula is C15H17ClN4O. The fourth-order valence-corrected chi connectivity index (χ4v) is 1.82. The van der Waals surface area contributed by atoms with E-state index < -0.39 is 0 Å². The standard InChI is InChI=1S/C15H17ClN4O/c1-15(2,3)20-14(21)12-8-18-13(9-17-12)19-11-6-4-5-10(16)7-11/h4-9H,1-3H3,(H,18,19)(H,20,21). The van der Waals surface area contributed by atoms with Crippen LogP contribution in [0.4, 0.5) is 11.5 Å². The lowest BCUT2D eigenvalue weighted by atomic mass is 10.1. The average Bonchev–Trinajstić information content (AvgIpc) is 2.37. The Kier molecular flexibility index (Phi) is 4.43. The van der Waals surface area contributed by atoms with Gasteiger partial charge in [0.15, 0.2) is 0 Å². The molecule has 0 unspecified atom stereocenters. The van der Waals surface area contributed by atoms with Gasteiger partial charge in [0.25, 0.3) is 5.91 Å². The fourth-order valence-electron chi connectivity index (χ4n) is 1.63. The second kappa shape index (κ2) is 6.10. The number of aromatic nitrogens is 2. The third kappa shape index (κ3) is 4.72. The maximum absolute atomic E-state index is 11.9. The van der Waals surface area contributed by atoms with Crippen molar-refractivity contribution in [3.63, 3.8) is 0 Å². The molecule has 5 nitrogen and oxygen atoms in total. The van der Waals surface area contributed by atoms with Crippen LogP contribution in [0.1, 0.15) is 31.3 Å². The van der Waals surface area contributed by atoms with Crippen molar-refractivity contribution in [2.45, 2.75) is 26.3 Å². The first kappa shape index (κ1) is 15.3. The molecule has 110 valence electrons. The fraction of sp³-hybridized carbons (Fsp3) is 0.267. The summed E-state index contributed by atoms with van der Waals surface area (Å²) >= 11 is 5.91. The van der Waals surface area contributed by atoms with Crippen LogP contribution in [0.2, 0.25) is 5.02 Å². The van der Waals surface area contributed by atoms with Crippen molar-refractivity contribution in [3.8, 4) is 0 Å². The molecule has 0 saturated heterocycles. The molecule has 6 heteroatoms. The van der Waals surface area contributed by atoms with Gasteiger partial charge in [-0.1, -0.05) is 17.7 Å². The predicted octanol–water partition coefficient (Wildman–Crippen LogP) is 3.40. The topological polar surface area (TPSA) is 66.9 Å². The molecule has 0 aliphatic carbocycles. The van der Waals surface area contributed by atoms with E-state index in [2.05, 4.69) is 20.6 Å². The van der Waals surface area contributed by atoms with Gasteiger partial charge in [-0.3, -0.25) is 4.79 Å².